The fraction of sp³-hybridized carbons (Fsp3) is 0.577. The largest absolute Gasteiger partial charge is 0.360 e. The summed E-state index contributed by atoms with van der Waals surface area (Å²) in [7, 11) is 1.47. The van der Waals surface area contributed by atoms with Crippen LogP contribution in [-0.2, 0) is 35.1 Å². The van der Waals surface area contributed by atoms with E-state index < -0.39 is 47.9 Å². The van der Waals surface area contributed by atoms with Crippen molar-refractivity contribution >= 4 is 29.5 Å². The Morgan fingerprint density at radius 1 is 1.05 bits per heavy atom. The average Bonchev–Trinajstić information content (AvgIpc) is 2.85. The zero-order valence-corrected chi connectivity index (χ0v) is 21.9. The van der Waals surface area contributed by atoms with Gasteiger partial charge >= 0.3 is 0 Å². The maximum absolute atomic E-state index is 13.4. The van der Waals surface area contributed by atoms with Gasteiger partial charge in [0.25, 0.3) is 5.91 Å². The van der Waals surface area contributed by atoms with Crippen molar-refractivity contribution in [2.75, 3.05) is 33.2 Å². The van der Waals surface area contributed by atoms with Crippen molar-refractivity contribution in [2.45, 2.75) is 57.9 Å². The van der Waals surface area contributed by atoms with Crippen molar-refractivity contribution in [1.82, 2.24) is 25.8 Å². The fourth-order valence-corrected chi connectivity index (χ4v) is 4.37. The first-order valence-electron chi connectivity index (χ1n) is 12.6. The monoisotopic (exact) mass is 515 g/mol. The Balaban J connectivity index is 1.89. The number of amides is 5. The van der Waals surface area contributed by atoms with Gasteiger partial charge in [-0.15, -0.1) is 0 Å². The summed E-state index contributed by atoms with van der Waals surface area (Å²) >= 11 is 0. The van der Waals surface area contributed by atoms with Gasteiger partial charge in [0.05, 0.1) is 19.2 Å². The van der Waals surface area contributed by atoms with E-state index in [0.717, 1.165) is 5.56 Å². The van der Waals surface area contributed by atoms with Gasteiger partial charge in [0.15, 0.2) is 6.10 Å². The first-order valence-corrected chi connectivity index (χ1v) is 12.6. The summed E-state index contributed by atoms with van der Waals surface area (Å²) in [6, 6.07) is 7.41. The molecule has 11 heteroatoms. The Morgan fingerprint density at radius 3 is 2.43 bits per heavy atom. The molecule has 3 N–H and O–H groups in total. The Labute approximate surface area is 217 Å². The second-order valence-electron chi connectivity index (χ2n) is 10.1. The van der Waals surface area contributed by atoms with Crippen LogP contribution in [0, 0.1) is 5.92 Å². The number of ether oxygens (including phenoxy) is 1. The third-order valence-corrected chi connectivity index (χ3v) is 6.32. The van der Waals surface area contributed by atoms with Crippen molar-refractivity contribution in [1.29, 1.82) is 0 Å². The van der Waals surface area contributed by atoms with Gasteiger partial charge in [-0.2, -0.15) is 0 Å². The van der Waals surface area contributed by atoms with E-state index in [9.17, 15) is 24.0 Å². The minimum absolute atomic E-state index is 0.0420. The van der Waals surface area contributed by atoms with Gasteiger partial charge in [0, 0.05) is 33.0 Å². The van der Waals surface area contributed by atoms with Crippen LogP contribution < -0.4 is 16.0 Å². The lowest BCUT2D eigenvalue weighted by Crippen LogP contribution is -2.59. The summed E-state index contributed by atoms with van der Waals surface area (Å²) in [6.45, 7) is 5.45. The highest BCUT2D eigenvalue weighted by Crippen LogP contribution is 2.16. The summed E-state index contributed by atoms with van der Waals surface area (Å²) in [5.41, 5.74) is 0.830. The van der Waals surface area contributed by atoms with Crippen LogP contribution >= 0.6 is 0 Å². The van der Waals surface area contributed by atoms with Crippen LogP contribution in [0.15, 0.2) is 30.3 Å². The van der Waals surface area contributed by atoms with Crippen molar-refractivity contribution in [3.63, 3.8) is 0 Å². The number of morpholine rings is 1. The molecule has 0 saturated carbocycles. The highest BCUT2D eigenvalue weighted by atomic mass is 16.5. The summed E-state index contributed by atoms with van der Waals surface area (Å²) < 4.78 is 5.99. The first kappa shape index (κ1) is 28.1. The molecule has 2 bridgehead atoms. The van der Waals surface area contributed by atoms with Gasteiger partial charge < -0.3 is 30.5 Å². The lowest BCUT2D eigenvalue weighted by Gasteiger charge is -2.38. The minimum Gasteiger partial charge on any atom is -0.360 e. The number of benzene rings is 1. The molecule has 2 aliphatic heterocycles. The SMILES string of the molecule is CC(C)CC(=O)N1C[C@@H]2CNC(=O)[C@@H](C)NC(=O)CN(C)C(=O)[C@@H](Cc3ccccc3)NC(=O)[C@@H](C1)O2. The number of carbonyl (C=O) groups excluding carboxylic acids is 5. The summed E-state index contributed by atoms with van der Waals surface area (Å²) in [5, 5.41) is 8.11. The third-order valence-electron chi connectivity index (χ3n) is 6.32. The standard InChI is InChI=1S/C26H37N5O6/c1-16(2)10-23(33)31-13-19-12-27-24(34)17(3)28-22(32)15-30(4)26(36)20(11-18-8-6-5-7-9-18)29-25(35)21(14-31)37-19/h5-9,16-17,19-21H,10-15H2,1-4H3,(H,27,34)(H,28,32)(H,29,35)/t17-,19+,20-,21-/m1/s1. The van der Waals surface area contributed by atoms with Crippen molar-refractivity contribution in [2.24, 2.45) is 5.92 Å². The molecule has 37 heavy (non-hydrogen) atoms. The molecule has 0 unspecified atom stereocenters. The number of nitrogens with zero attached hydrogens (tertiary/aromatic N) is 2. The van der Waals surface area contributed by atoms with E-state index >= 15 is 0 Å². The molecule has 11 nitrogen and oxygen atoms in total. The molecule has 0 aromatic heterocycles. The fourth-order valence-electron chi connectivity index (χ4n) is 4.37. The van der Waals surface area contributed by atoms with Crippen LogP contribution in [0.25, 0.3) is 0 Å². The lowest BCUT2D eigenvalue weighted by molar-refractivity contribution is -0.157. The number of carbonyl (C=O) groups is 5. The van der Waals surface area contributed by atoms with Gasteiger partial charge in [-0.25, -0.2) is 0 Å². The van der Waals surface area contributed by atoms with E-state index in [2.05, 4.69) is 16.0 Å². The molecule has 0 radical (unpaired) electrons. The summed E-state index contributed by atoms with van der Waals surface area (Å²) in [4.78, 5) is 67.4. The second-order valence-corrected chi connectivity index (χ2v) is 10.1. The topological polar surface area (TPSA) is 137 Å². The van der Waals surface area contributed by atoms with Crippen LogP contribution in [0.4, 0.5) is 0 Å². The number of hydrogen-bond donors (Lipinski definition) is 3. The second kappa shape index (κ2) is 12.7. The van der Waals surface area contributed by atoms with E-state index in [-0.39, 0.29) is 44.4 Å². The van der Waals surface area contributed by atoms with Crippen LogP contribution in [0.1, 0.15) is 32.8 Å². The van der Waals surface area contributed by atoms with Crippen LogP contribution in [0.2, 0.25) is 0 Å². The molecule has 3 rings (SSSR count). The zero-order valence-electron chi connectivity index (χ0n) is 21.9. The number of fused-ring (bicyclic) bond motifs is 2. The molecule has 5 amide bonds. The third kappa shape index (κ3) is 8.01. The van der Waals surface area contributed by atoms with E-state index in [4.69, 9.17) is 4.74 Å². The zero-order chi connectivity index (χ0) is 27.1. The Kier molecular flexibility index (Phi) is 9.62. The Morgan fingerprint density at radius 2 is 1.76 bits per heavy atom. The quantitative estimate of drug-likeness (QED) is 0.492. The van der Waals surface area contributed by atoms with Gasteiger partial charge in [-0.3, -0.25) is 24.0 Å². The molecule has 2 aliphatic rings. The van der Waals surface area contributed by atoms with Crippen LogP contribution in [0.3, 0.4) is 0 Å². The summed E-state index contributed by atoms with van der Waals surface area (Å²) in [5.74, 6) is -1.90. The van der Waals surface area contributed by atoms with Crippen molar-refractivity contribution in [3.8, 4) is 0 Å². The van der Waals surface area contributed by atoms with Gasteiger partial charge in [-0.05, 0) is 18.4 Å². The number of hydrogen-bond acceptors (Lipinski definition) is 6. The predicted molar refractivity (Wildman–Crippen MR) is 135 cm³/mol. The molecule has 2 saturated heterocycles. The smallest absolute Gasteiger partial charge is 0.251 e. The number of nitrogens with one attached hydrogen (secondary N) is 3. The first-order chi connectivity index (χ1) is 17.5. The molecule has 202 valence electrons. The van der Waals surface area contributed by atoms with Crippen molar-refractivity contribution in [3.05, 3.63) is 35.9 Å². The lowest BCUT2D eigenvalue weighted by atomic mass is 10.0. The van der Waals surface area contributed by atoms with Gasteiger partial charge in [-0.1, -0.05) is 44.2 Å². The maximum Gasteiger partial charge on any atom is 0.251 e. The number of rotatable bonds is 4. The van der Waals surface area contributed by atoms with E-state index in [1.165, 1.54) is 11.9 Å². The molecule has 2 heterocycles. The molecule has 0 aliphatic carbocycles. The highest BCUT2D eigenvalue weighted by molar-refractivity contribution is 5.93. The minimum atomic E-state index is -1.02. The predicted octanol–water partition coefficient (Wildman–Crippen LogP) is -0.551. The molecule has 2 fully saturated rings. The normalized spacial score (nSPS) is 26.1. The Hall–Kier alpha value is -3.47. The molecule has 0 spiro atoms. The molecule has 1 aromatic rings. The molecular weight excluding hydrogens is 478 g/mol. The molecular formula is C26H37N5O6. The van der Waals surface area contributed by atoms with Gasteiger partial charge in [0.1, 0.15) is 12.1 Å². The van der Waals surface area contributed by atoms with Crippen LogP contribution in [0.5, 0.6) is 0 Å². The molecule has 1 aromatic carbocycles. The number of likely N-dealkylation sites (N-methyl/N-ethyl adjacent to an activating group) is 1. The maximum atomic E-state index is 13.4. The molecule has 4 atom stereocenters. The summed E-state index contributed by atoms with van der Waals surface area (Å²) in [6.07, 6.45) is -1.13. The Bertz CT molecular complexity index is 1000. The van der Waals surface area contributed by atoms with Gasteiger partial charge in [0.2, 0.25) is 23.6 Å². The van der Waals surface area contributed by atoms with E-state index in [0.29, 0.717) is 6.42 Å². The van der Waals surface area contributed by atoms with Crippen molar-refractivity contribution < 1.29 is 28.7 Å². The van der Waals surface area contributed by atoms with E-state index in [1.807, 2.05) is 44.2 Å². The average molecular weight is 516 g/mol. The van der Waals surface area contributed by atoms with Crippen LogP contribution in [-0.4, -0.2) is 96.9 Å². The highest BCUT2D eigenvalue weighted by Gasteiger charge is 2.37. The van der Waals surface area contributed by atoms with E-state index in [1.54, 1.807) is 11.8 Å².